The van der Waals surface area contributed by atoms with Crippen LogP contribution in [0.4, 0.5) is 5.69 Å². The Bertz CT molecular complexity index is 1430. The molecule has 3 atom stereocenters. The molecule has 35 heavy (non-hydrogen) atoms. The third kappa shape index (κ3) is 2.85. The van der Waals surface area contributed by atoms with Gasteiger partial charge in [0.15, 0.2) is 0 Å². The van der Waals surface area contributed by atoms with Crippen LogP contribution in [0.2, 0.25) is 0 Å². The summed E-state index contributed by atoms with van der Waals surface area (Å²) in [5.41, 5.74) is 1.38. The van der Waals surface area contributed by atoms with E-state index in [2.05, 4.69) is 15.9 Å². The lowest BCUT2D eigenvalue weighted by Gasteiger charge is -2.27. The van der Waals surface area contributed by atoms with Crippen molar-refractivity contribution in [3.8, 4) is 0 Å². The summed E-state index contributed by atoms with van der Waals surface area (Å²) in [6.45, 7) is 3.85. The van der Waals surface area contributed by atoms with Crippen LogP contribution in [0.15, 0.2) is 71.2 Å². The number of ketones is 2. The Morgan fingerprint density at radius 2 is 1.43 bits per heavy atom. The summed E-state index contributed by atoms with van der Waals surface area (Å²) >= 11 is 3.40. The van der Waals surface area contributed by atoms with Crippen LogP contribution in [-0.2, 0) is 14.3 Å². The number of Topliss-reactive ketones (excluding diaryl/α,β-unsaturated/α-hetero) is 2. The van der Waals surface area contributed by atoms with Crippen molar-refractivity contribution in [2.24, 2.45) is 11.8 Å². The number of benzene rings is 3. The molecule has 2 aliphatic heterocycles. The molecule has 2 fully saturated rings. The molecule has 1 spiro atoms. The van der Waals surface area contributed by atoms with E-state index in [1.807, 2.05) is 19.9 Å². The summed E-state index contributed by atoms with van der Waals surface area (Å²) in [5.74, 6) is -4.43. The molecule has 0 N–H and O–H groups in total. The van der Waals surface area contributed by atoms with E-state index in [4.69, 9.17) is 4.74 Å². The van der Waals surface area contributed by atoms with E-state index in [1.165, 1.54) is 0 Å². The molecular weight excluding hydrogens is 510 g/mol. The number of carbonyl (C=O) groups excluding carboxylic acids is 4. The predicted molar refractivity (Wildman–Crippen MR) is 131 cm³/mol. The van der Waals surface area contributed by atoms with Gasteiger partial charge in [-0.25, -0.2) is 4.90 Å². The standard InChI is InChI=1S/C28H20BrNO5/c1-14-7-12-18(13-15(14)2)30-26(33)21-22(27(30)34)28(35-23(21)16-8-10-17(29)11-9-16)24(31)19-5-3-4-6-20(19)25(28)32/h3-13,21-23H,1-2H3/t21-,22-,23-/m0/s1. The Kier molecular flexibility index (Phi) is 4.75. The summed E-state index contributed by atoms with van der Waals surface area (Å²) in [6.07, 6.45) is -0.927. The normalized spacial score (nSPS) is 24.4. The molecule has 6 rings (SSSR count). The van der Waals surface area contributed by atoms with Crippen LogP contribution in [0.3, 0.4) is 0 Å². The number of amides is 2. The molecule has 0 bridgehead atoms. The molecule has 6 nitrogen and oxygen atoms in total. The van der Waals surface area contributed by atoms with Gasteiger partial charge in [-0.3, -0.25) is 19.2 Å². The number of anilines is 1. The van der Waals surface area contributed by atoms with E-state index in [-0.39, 0.29) is 11.1 Å². The van der Waals surface area contributed by atoms with Crippen LogP contribution >= 0.6 is 15.9 Å². The zero-order chi connectivity index (χ0) is 24.6. The maximum Gasteiger partial charge on any atom is 0.241 e. The van der Waals surface area contributed by atoms with E-state index in [0.717, 1.165) is 20.5 Å². The van der Waals surface area contributed by atoms with Gasteiger partial charge in [0.1, 0.15) is 0 Å². The Labute approximate surface area is 210 Å². The van der Waals surface area contributed by atoms with Crippen LogP contribution in [-0.4, -0.2) is 29.0 Å². The highest BCUT2D eigenvalue weighted by molar-refractivity contribution is 9.10. The van der Waals surface area contributed by atoms with Gasteiger partial charge in [0.2, 0.25) is 29.0 Å². The number of fused-ring (bicyclic) bond motifs is 3. The minimum atomic E-state index is -2.06. The van der Waals surface area contributed by atoms with E-state index in [1.54, 1.807) is 60.7 Å². The third-order valence-corrected chi connectivity index (χ3v) is 7.99. The zero-order valence-corrected chi connectivity index (χ0v) is 20.5. The van der Waals surface area contributed by atoms with Crippen molar-refractivity contribution in [2.75, 3.05) is 4.90 Å². The second-order valence-electron chi connectivity index (χ2n) is 9.31. The second kappa shape index (κ2) is 7.54. The number of nitrogens with zero attached hydrogens (tertiary/aromatic N) is 1. The number of halogens is 1. The van der Waals surface area contributed by atoms with Gasteiger partial charge in [-0.2, -0.15) is 0 Å². The van der Waals surface area contributed by atoms with E-state index in [0.29, 0.717) is 11.3 Å². The minimum Gasteiger partial charge on any atom is -0.349 e. The molecule has 7 heteroatoms. The topological polar surface area (TPSA) is 80.8 Å². The summed E-state index contributed by atoms with van der Waals surface area (Å²) in [4.78, 5) is 56.5. The Morgan fingerprint density at radius 1 is 0.800 bits per heavy atom. The Hall–Kier alpha value is -3.42. The summed E-state index contributed by atoms with van der Waals surface area (Å²) < 4.78 is 7.13. The SMILES string of the molecule is Cc1ccc(N2C(=O)[C@H]3[C@@H](C2=O)C2(O[C@H]3c3ccc(Br)cc3)C(=O)c3ccccc3C2=O)cc1C. The van der Waals surface area contributed by atoms with E-state index < -0.39 is 46.9 Å². The number of hydrogen-bond acceptors (Lipinski definition) is 5. The zero-order valence-electron chi connectivity index (χ0n) is 18.9. The largest absolute Gasteiger partial charge is 0.349 e. The number of imide groups is 1. The Morgan fingerprint density at radius 3 is 2.03 bits per heavy atom. The molecule has 1 aliphatic carbocycles. The van der Waals surface area contributed by atoms with Crippen molar-refractivity contribution in [2.45, 2.75) is 25.6 Å². The highest BCUT2D eigenvalue weighted by atomic mass is 79.9. The fourth-order valence-electron chi connectivity index (χ4n) is 5.59. The first-order valence-corrected chi connectivity index (χ1v) is 12.1. The molecule has 0 radical (unpaired) electrons. The van der Waals surface area contributed by atoms with Crippen LogP contribution in [0.5, 0.6) is 0 Å². The molecule has 2 amide bonds. The highest BCUT2D eigenvalue weighted by Gasteiger charge is 2.74. The number of carbonyl (C=O) groups is 4. The molecule has 174 valence electrons. The van der Waals surface area contributed by atoms with Gasteiger partial charge in [0.25, 0.3) is 0 Å². The average molecular weight is 530 g/mol. The number of rotatable bonds is 2. The quantitative estimate of drug-likeness (QED) is 0.353. The lowest BCUT2D eigenvalue weighted by atomic mass is 9.77. The summed E-state index contributed by atoms with van der Waals surface area (Å²) in [7, 11) is 0. The van der Waals surface area contributed by atoms with Crippen molar-refractivity contribution >= 4 is 45.0 Å². The maximum atomic E-state index is 13.9. The number of aryl methyl sites for hydroxylation is 2. The Balaban J connectivity index is 1.54. The molecule has 3 aliphatic rings. The van der Waals surface area contributed by atoms with Crippen LogP contribution in [0.25, 0.3) is 0 Å². The van der Waals surface area contributed by atoms with Crippen LogP contribution in [0, 0.1) is 25.7 Å². The predicted octanol–water partition coefficient (Wildman–Crippen LogP) is 4.76. The lowest BCUT2D eigenvalue weighted by Crippen LogP contribution is -2.51. The molecule has 3 aromatic carbocycles. The highest BCUT2D eigenvalue weighted by Crippen LogP contribution is 2.57. The van der Waals surface area contributed by atoms with Gasteiger partial charge < -0.3 is 4.74 Å². The van der Waals surface area contributed by atoms with Gasteiger partial charge in [-0.15, -0.1) is 0 Å². The first-order valence-electron chi connectivity index (χ1n) is 11.3. The maximum absolute atomic E-state index is 13.9. The van der Waals surface area contributed by atoms with E-state index in [9.17, 15) is 19.2 Å². The van der Waals surface area contributed by atoms with E-state index >= 15 is 0 Å². The van der Waals surface area contributed by atoms with Crippen LogP contribution < -0.4 is 4.90 Å². The smallest absolute Gasteiger partial charge is 0.241 e. The van der Waals surface area contributed by atoms with Crippen molar-refractivity contribution < 1.29 is 23.9 Å². The number of ether oxygens (including phenoxy) is 1. The minimum absolute atomic E-state index is 0.220. The summed E-state index contributed by atoms with van der Waals surface area (Å²) in [5, 5.41) is 0. The molecule has 2 saturated heterocycles. The second-order valence-corrected chi connectivity index (χ2v) is 10.2. The molecule has 3 aromatic rings. The summed E-state index contributed by atoms with van der Waals surface area (Å²) in [6, 6.07) is 19.0. The fraction of sp³-hybridized carbons (Fsp3) is 0.214. The molecule has 0 unspecified atom stereocenters. The van der Waals surface area contributed by atoms with Crippen molar-refractivity contribution in [3.05, 3.63) is 99.0 Å². The van der Waals surface area contributed by atoms with Crippen molar-refractivity contribution in [3.63, 3.8) is 0 Å². The van der Waals surface area contributed by atoms with Crippen LogP contribution in [0.1, 0.15) is 43.5 Å². The average Bonchev–Trinajstić information content (AvgIpc) is 3.41. The van der Waals surface area contributed by atoms with Gasteiger partial charge in [-0.05, 0) is 54.8 Å². The van der Waals surface area contributed by atoms with Gasteiger partial charge in [0, 0.05) is 15.6 Å². The molecule has 0 aromatic heterocycles. The van der Waals surface area contributed by atoms with Crippen molar-refractivity contribution in [1.82, 2.24) is 0 Å². The fourth-order valence-corrected chi connectivity index (χ4v) is 5.85. The lowest BCUT2D eigenvalue weighted by molar-refractivity contribution is -0.127. The first kappa shape index (κ1) is 22.1. The van der Waals surface area contributed by atoms with Gasteiger partial charge in [-0.1, -0.05) is 58.4 Å². The third-order valence-electron chi connectivity index (χ3n) is 7.47. The number of hydrogen-bond donors (Lipinski definition) is 0. The molecule has 2 heterocycles. The van der Waals surface area contributed by atoms with Gasteiger partial charge in [0.05, 0.1) is 23.6 Å². The first-order chi connectivity index (χ1) is 16.8. The van der Waals surface area contributed by atoms with Gasteiger partial charge >= 0.3 is 0 Å². The van der Waals surface area contributed by atoms with Crippen molar-refractivity contribution in [1.29, 1.82) is 0 Å². The molecular formula is C28H20BrNO5. The monoisotopic (exact) mass is 529 g/mol. The molecule has 0 saturated carbocycles.